The number of para-hydroxylation sites is 1. The second kappa shape index (κ2) is 10.7. The molecule has 10 heteroatoms. The van der Waals surface area contributed by atoms with Gasteiger partial charge in [0.1, 0.15) is 11.5 Å². The van der Waals surface area contributed by atoms with E-state index in [2.05, 4.69) is 15.8 Å². The van der Waals surface area contributed by atoms with Gasteiger partial charge in [-0.1, -0.05) is 24.3 Å². The molecule has 0 spiro atoms. The summed E-state index contributed by atoms with van der Waals surface area (Å²) in [6.07, 6.45) is 1.08. The van der Waals surface area contributed by atoms with Crippen molar-refractivity contribution in [3.8, 4) is 11.5 Å². The van der Waals surface area contributed by atoms with Gasteiger partial charge >= 0.3 is 0 Å². The molecule has 3 aromatic carbocycles. The summed E-state index contributed by atoms with van der Waals surface area (Å²) in [5.41, 5.74) is 4.46. The second-order valence-corrected chi connectivity index (χ2v) is 7.28. The monoisotopic (exact) mass is 462 g/mol. The number of hydrazone groups is 1. The molecule has 3 aromatic rings. The van der Waals surface area contributed by atoms with E-state index in [0.29, 0.717) is 5.75 Å². The Labute approximate surface area is 195 Å². The average molecular weight is 462 g/mol. The van der Waals surface area contributed by atoms with Crippen LogP contribution in [0.5, 0.6) is 11.5 Å². The van der Waals surface area contributed by atoms with Gasteiger partial charge in [-0.2, -0.15) is 5.10 Å². The largest absolute Gasteiger partial charge is 0.507 e. The van der Waals surface area contributed by atoms with Gasteiger partial charge in [-0.15, -0.1) is 0 Å². The molecule has 0 aromatic heterocycles. The van der Waals surface area contributed by atoms with E-state index in [1.807, 2.05) is 26.0 Å². The van der Waals surface area contributed by atoms with Crippen LogP contribution in [0.25, 0.3) is 0 Å². The van der Waals surface area contributed by atoms with Crippen LogP contribution in [0, 0.1) is 24.0 Å². The van der Waals surface area contributed by atoms with Crippen LogP contribution in [-0.4, -0.2) is 34.7 Å². The van der Waals surface area contributed by atoms with Crippen LogP contribution < -0.4 is 15.5 Å². The van der Waals surface area contributed by atoms with Crippen molar-refractivity contribution in [1.82, 2.24) is 5.43 Å². The zero-order valence-electron chi connectivity index (χ0n) is 18.4. The molecule has 0 fully saturated rings. The molecule has 3 N–H and O–H groups in total. The van der Waals surface area contributed by atoms with Gasteiger partial charge < -0.3 is 15.2 Å². The zero-order chi connectivity index (χ0) is 24.7. The van der Waals surface area contributed by atoms with Crippen molar-refractivity contribution in [2.75, 3.05) is 11.9 Å². The maximum atomic E-state index is 12.6. The molecule has 34 heavy (non-hydrogen) atoms. The van der Waals surface area contributed by atoms with Gasteiger partial charge in [-0.3, -0.25) is 19.7 Å². The zero-order valence-corrected chi connectivity index (χ0v) is 18.4. The van der Waals surface area contributed by atoms with Crippen LogP contribution in [0.4, 0.5) is 11.4 Å². The van der Waals surface area contributed by atoms with Crippen molar-refractivity contribution >= 4 is 29.4 Å². The number of aromatic hydroxyl groups is 1. The van der Waals surface area contributed by atoms with E-state index >= 15 is 0 Å². The van der Waals surface area contributed by atoms with Gasteiger partial charge in [0.2, 0.25) is 0 Å². The first-order valence-electron chi connectivity index (χ1n) is 10.1. The fourth-order valence-electron chi connectivity index (χ4n) is 2.98. The standard InChI is InChI=1S/C24H22N4O6/c1-15-6-5-9-22(16(15)2)34-14-23(30)26-20-8-4-3-7-19(20)24(31)27-25-13-17-12-18(28(32)33)10-11-21(17)29/h3-13,29H,14H2,1-2H3,(H,26,30)(H,27,31)/b25-13+. The average Bonchev–Trinajstić information content (AvgIpc) is 2.81. The number of nitro benzene ring substituents is 1. The Bertz CT molecular complexity index is 1270. The van der Waals surface area contributed by atoms with Crippen LogP contribution in [0.15, 0.2) is 65.8 Å². The fraction of sp³-hybridized carbons (Fsp3) is 0.125. The van der Waals surface area contributed by atoms with Crippen LogP contribution in [0.2, 0.25) is 0 Å². The Balaban J connectivity index is 1.65. The number of non-ortho nitro benzene ring substituents is 1. The van der Waals surface area contributed by atoms with Crippen molar-refractivity contribution in [3.63, 3.8) is 0 Å². The number of carbonyl (C=O) groups excluding carboxylic acids is 2. The lowest BCUT2D eigenvalue weighted by Crippen LogP contribution is -2.24. The third-order valence-electron chi connectivity index (χ3n) is 4.95. The highest BCUT2D eigenvalue weighted by molar-refractivity contribution is 6.04. The lowest BCUT2D eigenvalue weighted by molar-refractivity contribution is -0.384. The number of hydrogen-bond acceptors (Lipinski definition) is 7. The first-order chi connectivity index (χ1) is 16.3. The van der Waals surface area contributed by atoms with Gasteiger partial charge in [0, 0.05) is 17.7 Å². The van der Waals surface area contributed by atoms with E-state index in [-0.39, 0.29) is 34.9 Å². The molecular formula is C24H22N4O6. The first-order valence-corrected chi connectivity index (χ1v) is 10.1. The predicted molar refractivity (Wildman–Crippen MR) is 126 cm³/mol. The number of phenols is 1. The molecule has 0 aliphatic heterocycles. The number of hydrogen-bond donors (Lipinski definition) is 3. The number of benzene rings is 3. The Morgan fingerprint density at radius 1 is 1.12 bits per heavy atom. The van der Waals surface area contributed by atoms with Crippen LogP contribution in [0.1, 0.15) is 27.0 Å². The summed E-state index contributed by atoms with van der Waals surface area (Å²) in [6, 6.07) is 15.3. The Hall–Kier alpha value is -4.73. The quantitative estimate of drug-likeness (QED) is 0.265. The van der Waals surface area contributed by atoms with E-state index in [1.54, 1.807) is 24.3 Å². The third-order valence-corrected chi connectivity index (χ3v) is 4.95. The number of nitrogens with zero attached hydrogens (tertiary/aromatic N) is 2. The fourth-order valence-corrected chi connectivity index (χ4v) is 2.98. The summed E-state index contributed by atoms with van der Waals surface area (Å²) in [5, 5.41) is 27.1. The topological polar surface area (TPSA) is 143 Å². The highest BCUT2D eigenvalue weighted by atomic mass is 16.6. The number of aryl methyl sites for hydroxylation is 1. The molecule has 2 amide bonds. The van der Waals surface area contributed by atoms with Crippen LogP contribution in [-0.2, 0) is 4.79 Å². The predicted octanol–water partition coefficient (Wildman–Crippen LogP) is 3.70. The summed E-state index contributed by atoms with van der Waals surface area (Å²) >= 11 is 0. The van der Waals surface area contributed by atoms with Crippen molar-refractivity contribution in [2.24, 2.45) is 5.10 Å². The van der Waals surface area contributed by atoms with Gasteiger partial charge in [-0.05, 0) is 49.2 Å². The van der Waals surface area contributed by atoms with Crippen LogP contribution >= 0.6 is 0 Å². The Kier molecular flexibility index (Phi) is 7.55. The van der Waals surface area contributed by atoms with E-state index in [1.165, 1.54) is 6.07 Å². The minimum atomic E-state index is -0.632. The van der Waals surface area contributed by atoms with Crippen molar-refractivity contribution in [3.05, 3.63) is 93.0 Å². The SMILES string of the molecule is Cc1cccc(OCC(=O)Nc2ccccc2C(=O)N/N=C/c2cc([N+](=O)[O-])ccc2O)c1C. The number of nitrogens with one attached hydrogen (secondary N) is 2. The number of nitro groups is 1. The maximum absolute atomic E-state index is 12.6. The molecule has 10 nitrogen and oxygen atoms in total. The summed E-state index contributed by atoms with van der Waals surface area (Å²) < 4.78 is 5.60. The lowest BCUT2D eigenvalue weighted by Gasteiger charge is -2.12. The lowest BCUT2D eigenvalue weighted by atomic mass is 10.1. The van der Waals surface area contributed by atoms with Crippen molar-refractivity contribution < 1.29 is 24.4 Å². The molecule has 0 radical (unpaired) electrons. The number of carbonyl (C=O) groups is 2. The summed E-state index contributed by atoms with van der Waals surface area (Å²) in [6.45, 7) is 3.60. The van der Waals surface area contributed by atoms with E-state index < -0.39 is 16.7 Å². The summed E-state index contributed by atoms with van der Waals surface area (Å²) in [4.78, 5) is 35.2. The highest BCUT2D eigenvalue weighted by Crippen LogP contribution is 2.22. The minimum absolute atomic E-state index is 0.0553. The van der Waals surface area contributed by atoms with Gasteiger partial charge in [0.25, 0.3) is 17.5 Å². The first kappa shape index (κ1) is 23.9. The van der Waals surface area contributed by atoms with E-state index in [9.17, 15) is 24.8 Å². The maximum Gasteiger partial charge on any atom is 0.273 e. The van der Waals surface area contributed by atoms with Crippen molar-refractivity contribution in [1.29, 1.82) is 0 Å². The Morgan fingerprint density at radius 3 is 2.65 bits per heavy atom. The Morgan fingerprint density at radius 2 is 1.88 bits per heavy atom. The molecule has 0 atom stereocenters. The summed E-state index contributed by atoms with van der Waals surface area (Å²) in [5.74, 6) is -0.723. The molecule has 0 saturated heterocycles. The second-order valence-electron chi connectivity index (χ2n) is 7.28. The number of phenolic OH excluding ortho intramolecular Hbond substituents is 1. The van der Waals surface area contributed by atoms with Gasteiger partial charge in [-0.25, -0.2) is 5.43 Å². The summed E-state index contributed by atoms with van der Waals surface area (Å²) in [7, 11) is 0. The van der Waals surface area contributed by atoms with Crippen molar-refractivity contribution in [2.45, 2.75) is 13.8 Å². The molecule has 0 aliphatic rings. The molecular weight excluding hydrogens is 440 g/mol. The van der Waals surface area contributed by atoms with E-state index in [4.69, 9.17) is 4.74 Å². The number of ether oxygens (including phenoxy) is 1. The molecule has 0 saturated carbocycles. The minimum Gasteiger partial charge on any atom is -0.507 e. The third kappa shape index (κ3) is 5.94. The number of amides is 2. The molecule has 174 valence electrons. The molecule has 3 rings (SSSR count). The smallest absolute Gasteiger partial charge is 0.273 e. The molecule has 0 aliphatic carbocycles. The molecule has 0 bridgehead atoms. The normalized spacial score (nSPS) is 10.6. The highest BCUT2D eigenvalue weighted by Gasteiger charge is 2.14. The molecule has 0 unspecified atom stereocenters. The van der Waals surface area contributed by atoms with Gasteiger partial charge in [0.05, 0.1) is 22.4 Å². The van der Waals surface area contributed by atoms with Crippen LogP contribution in [0.3, 0.4) is 0 Å². The van der Waals surface area contributed by atoms with Gasteiger partial charge in [0.15, 0.2) is 6.61 Å². The number of rotatable bonds is 8. The molecule has 0 heterocycles. The number of anilines is 1. The van der Waals surface area contributed by atoms with E-state index in [0.717, 1.165) is 35.5 Å².